The molecule has 3 aromatic rings. The molecule has 2 aromatic carbocycles. The van der Waals surface area contributed by atoms with Crippen LogP contribution in [0, 0.1) is 5.82 Å². The largest absolute Gasteiger partial charge is 0.495 e. The molecule has 1 amide bonds. The zero-order valence-electron chi connectivity index (χ0n) is 17.2. The Balaban J connectivity index is 1.44. The van der Waals surface area contributed by atoms with E-state index in [1.54, 1.807) is 30.2 Å². The predicted molar refractivity (Wildman–Crippen MR) is 116 cm³/mol. The fourth-order valence-corrected chi connectivity index (χ4v) is 3.69. The van der Waals surface area contributed by atoms with E-state index in [2.05, 4.69) is 10.00 Å². The number of aromatic nitrogens is 2. The van der Waals surface area contributed by atoms with Gasteiger partial charge < -0.3 is 14.5 Å². The maximum absolute atomic E-state index is 14.1. The second-order valence-electron chi connectivity index (χ2n) is 7.23. The maximum atomic E-state index is 14.1. The van der Waals surface area contributed by atoms with Crippen LogP contribution in [0.4, 0.5) is 10.1 Å². The Morgan fingerprint density at radius 1 is 1.00 bits per heavy atom. The molecular weight excluding hydrogens is 399 g/mol. The lowest BCUT2D eigenvalue weighted by atomic mass is 10.1. The monoisotopic (exact) mass is 422 g/mol. The smallest absolute Gasteiger partial charge is 0.267 e. The SMILES string of the molecule is COc1ccccc1N1CCN(C(=O)Cn2nc(-c3ccccc3F)ccc2=O)CC1. The van der Waals surface area contributed by atoms with Gasteiger partial charge in [-0.2, -0.15) is 5.10 Å². The third kappa shape index (κ3) is 4.42. The van der Waals surface area contributed by atoms with E-state index in [1.165, 1.54) is 18.2 Å². The molecule has 160 valence electrons. The summed E-state index contributed by atoms with van der Waals surface area (Å²) in [5, 5.41) is 4.21. The topological polar surface area (TPSA) is 67.7 Å². The number of rotatable bonds is 5. The van der Waals surface area contributed by atoms with Crippen LogP contribution in [-0.2, 0) is 11.3 Å². The van der Waals surface area contributed by atoms with Gasteiger partial charge in [0.1, 0.15) is 18.1 Å². The van der Waals surface area contributed by atoms with Crippen LogP contribution in [0.15, 0.2) is 65.5 Å². The van der Waals surface area contributed by atoms with E-state index in [0.29, 0.717) is 31.9 Å². The second-order valence-corrected chi connectivity index (χ2v) is 7.23. The molecule has 31 heavy (non-hydrogen) atoms. The Labute approximate surface area is 179 Å². The van der Waals surface area contributed by atoms with Gasteiger partial charge in [-0.3, -0.25) is 9.59 Å². The number of benzene rings is 2. The van der Waals surface area contributed by atoms with Crippen molar-refractivity contribution in [1.29, 1.82) is 0 Å². The van der Waals surface area contributed by atoms with Crippen LogP contribution in [0.2, 0.25) is 0 Å². The highest BCUT2D eigenvalue weighted by molar-refractivity contribution is 5.76. The second kappa shape index (κ2) is 8.99. The van der Waals surface area contributed by atoms with Crippen molar-refractivity contribution in [2.24, 2.45) is 0 Å². The van der Waals surface area contributed by atoms with E-state index in [1.807, 2.05) is 24.3 Å². The fourth-order valence-electron chi connectivity index (χ4n) is 3.69. The molecule has 0 bridgehead atoms. The van der Waals surface area contributed by atoms with Crippen LogP contribution >= 0.6 is 0 Å². The number of piperazine rings is 1. The summed E-state index contributed by atoms with van der Waals surface area (Å²) in [6.07, 6.45) is 0. The summed E-state index contributed by atoms with van der Waals surface area (Å²) in [6.45, 7) is 2.18. The maximum Gasteiger partial charge on any atom is 0.267 e. The average molecular weight is 422 g/mol. The predicted octanol–water partition coefficient (Wildman–Crippen LogP) is 2.41. The Hall–Kier alpha value is -3.68. The van der Waals surface area contributed by atoms with Crippen molar-refractivity contribution < 1.29 is 13.9 Å². The van der Waals surface area contributed by atoms with Crippen molar-refractivity contribution in [3.05, 3.63) is 76.8 Å². The first-order valence-corrected chi connectivity index (χ1v) is 10.1. The molecule has 4 rings (SSSR count). The van der Waals surface area contributed by atoms with Crippen LogP contribution in [0.25, 0.3) is 11.3 Å². The van der Waals surface area contributed by atoms with E-state index in [4.69, 9.17) is 4.74 Å². The number of amides is 1. The highest BCUT2D eigenvalue weighted by atomic mass is 19.1. The highest BCUT2D eigenvalue weighted by Gasteiger charge is 2.23. The molecule has 0 radical (unpaired) electrons. The zero-order valence-corrected chi connectivity index (χ0v) is 17.2. The molecule has 0 N–H and O–H groups in total. The molecule has 0 aliphatic carbocycles. The van der Waals surface area contributed by atoms with Crippen molar-refractivity contribution in [3.63, 3.8) is 0 Å². The summed E-state index contributed by atoms with van der Waals surface area (Å²) >= 11 is 0. The van der Waals surface area contributed by atoms with Gasteiger partial charge in [0.25, 0.3) is 5.56 Å². The number of nitrogens with zero attached hydrogens (tertiary/aromatic N) is 4. The molecule has 1 aliphatic heterocycles. The summed E-state index contributed by atoms with van der Waals surface area (Å²) < 4.78 is 20.6. The molecular formula is C23H23FN4O3. The summed E-state index contributed by atoms with van der Waals surface area (Å²) in [5.41, 5.74) is 1.19. The Kier molecular flexibility index (Phi) is 5.97. The molecule has 8 heteroatoms. The number of hydrogen-bond acceptors (Lipinski definition) is 5. The lowest BCUT2D eigenvalue weighted by Gasteiger charge is -2.36. The van der Waals surface area contributed by atoms with Crippen molar-refractivity contribution in [2.45, 2.75) is 6.54 Å². The van der Waals surface area contributed by atoms with Gasteiger partial charge in [-0.1, -0.05) is 24.3 Å². The van der Waals surface area contributed by atoms with E-state index in [0.717, 1.165) is 16.1 Å². The van der Waals surface area contributed by atoms with E-state index >= 15 is 0 Å². The number of para-hydroxylation sites is 2. The molecule has 0 atom stereocenters. The van der Waals surface area contributed by atoms with Gasteiger partial charge in [-0.15, -0.1) is 0 Å². The number of carbonyl (C=O) groups is 1. The summed E-state index contributed by atoms with van der Waals surface area (Å²) in [5.74, 6) is 0.168. The Morgan fingerprint density at radius 2 is 1.71 bits per heavy atom. The quantitative estimate of drug-likeness (QED) is 0.632. The molecule has 0 spiro atoms. The number of carbonyl (C=O) groups excluding carboxylic acids is 1. The third-order valence-electron chi connectivity index (χ3n) is 5.36. The normalized spacial score (nSPS) is 13.9. The Bertz CT molecular complexity index is 1140. The van der Waals surface area contributed by atoms with Gasteiger partial charge in [0, 0.05) is 37.8 Å². The fraction of sp³-hybridized carbons (Fsp3) is 0.261. The molecule has 1 aliphatic rings. The number of ether oxygens (including phenoxy) is 1. The number of methoxy groups -OCH3 is 1. The van der Waals surface area contributed by atoms with Gasteiger partial charge in [-0.25, -0.2) is 9.07 Å². The van der Waals surface area contributed by atoms with Crippen LogP contribution in [-0.4, -0.2) is 53.9 Å². The molecule has 1 aromatic heterocycles. The lowest BCUT2D eigenvalue weighted by molar-refractivity contribution is -0.132. The summed E-state index contributed by atoms with van der Waals surface area (Å²) in [7, 11) is 1.64. The summed E-state index contributed by atoms with van der Waals surface area (Å²) in [6, 6.07) is 16.8. The van der Waals surface area contributed by atoms with Crippen molar-refractivity contribution in [2.75, 3.05) is 38.2 Å². The van der Waals surface area contributed by atoms with Crippen LogP contribution in [0.1, 0.15) is 0 Å². The molecule has 2 heterocycles. The number of hydrogen-bond donors (Lipinski definition) is 0. The highest BCUT2D eigenvalue weighted by Crippen LogP contribution is 2.28. The molecule has 1 saturated heterocycles. The molecule has 7 nitrogen and oxygen atoms in total. The van der Waals surface area contributed by atoms with E-state index < -0.39 is 11.4 Å². The van der Waals surface area contributed by atoms with Crippen molar-refractivity contribution in [1.82, 2.24) is 14.7 Å². The van der Waals surface area contributed by atoms with Crippen LogP contribution in [0.5, 0.6) is 5.75 Å². The number of anilines is 1. The van der Waals surface area contributed by atoms with E-state index in [-0.39, 0.29) is 18.0 Å². The van der Waals surface area contributed by atoms with Crippen molar-refractivity contribution >= 4 is 11.6 Å². The molecule has 1 fully saturated rings. The van der Waals surface area contributed by atoms with Gasteiger partial charge in [-0.05, 0) is 30.3 Å². The third-order valence-corrected chi connectivity index (χ3v) is 5.36. The van der Waals surface area contributed by atoms with E-state index in [9.17, 15) is 14.0 Å². The standard InChI is InChI=1S/C23H23FN4O3/c1-31-21-9-5-4-8-20(21)26-12-14-27(15-13-26)23(30)16-28-22(29)11-10-19(25-28)17-6-2-3-7-18(17)24/h2-11H,12-16H2,1H3. The zero-order chi connectivity index (χ0) is 21.8. The van der Waals surface area contributed by atoms with Gasteiger partial charge in [0.15, 0.2) is 0 Å². The first-order chi connectivity index (χ1) is 15.1. The van der Waals surface area contributed by atoms with Crippen molar-refractivity contribution in [3.8, 4) is 17.0 Å². The van der Waals surface area contributed by atoms with Gasteiger partial charge >= 0.3 is 0 Å². The Morgan fingerprint density at radius 3 is 2.45 bits per heavy atom. The van der Waals surface area contributed by atoms with Crippen LogP contribution in [0.3, 0.4) is 0 Å². The van der Waals surface area contributed by atoms with Gasteiger partial charge in [0.05, 0.1) is 18.5 Å². The lowest BCUT2D eigenvalue weighted by Crippen LogP contribution is -2.50. The minimum atomic E-state index is -0.431. The summed E-state index contributed by atoms with van der Waals surface area (Å²) in [4.78, 5) is 28.9. The first-order valence-electron chi connectivity index (χ1n) is 10.1. The van der Waals surface area contributed by atoms with Gasteiger partial charge in [0.2, 0.25) is 5.91 Å². The van der Waals surface area contributed by atoms with Crippen LogP contribution < -0.4 is 15.2 Å². The molecule has 0 saturated carbocycles. The minimum Gasteiger partial charge on any atom is -0.495 e. The molecule has 0 unspecified atom stereocenters. The minimum absolute atomic E-state index is 0.185. The first kappa shape index (κ1) is 20.6. The number of halogens is 1. The average Bonchev–Trinajstić information content (AvgIpc) is 2.81.